The maximum atomic E-state index is 12.1. The molecule has 1 amide bonds. The second-order valence-corrected chi connectivity index (χ2v) is 5.65. The number of carbonyl (C=O) groups excluding carboxylic acids is 1. The molecule has 1 N–H and O–H groups in total. The molecule has 1 unspecified atom stereocenters. The van der Waals surface area contributed by atoms with Gasteiger partial charge in [0.1, 0.15) is 5.38 Å². The minimum atomic E-state index is -0.629. The third-order valence-corrected chi connectivity index (χ3v) is 3.09. The summed E-state index contributed by atoms with van der Waals surface area (Å²) in [7, 11) is 0. The zero-order valence-corrected chi connectivity index (χ0v) is 11.8. The first kappa shape index (κ1) is 15.0. The van der Waals surface area contributed by atoms with E-state index in [1.807, 2.05) is 44.2 Å². The van der Waals surface area contributed by atoms with Gasteiger partial charge in [-0.1, -0.05) is 30.3 Å². The van der Waals surface area contributed by atoms with E-state index in [9.17, 15) is 9.90 Å². The van der Waals surface area contributed by atoms with Crippen molar-refractivity contribution < 1.29 is 9.90 Å². The van der Waals surface area contributed by atoms with Crippen molar-refractivity contribution in [3.63, 3.8) is 0 Å². The third kappa shape index (κ3) is 3.72. The summed E-state index contributed by atoms with van der Waals surface area (Å²) in [4.78, 5) is 13.8. The Morgan fingerprint density at radius 2 is 1.94 bits per heavy atom. The van der Waals surface area contributed by atoms with Crippen LogP contribution < -0.4 is 0 Å². The summed E-state index contributed by atoms with van der Waals surface area (Å²) in [6, 6.07) is 9.68. The molecule has 0 spiro atoms. The first-order valence-electron chi connectivity index (χ1n) is 5.99. The van der Waals surface area contributed by atoms with Crippen LogP contribution in [-0.2, 0) is 11.3 Å². The van der Waals surface area contributed by atoms with Gasteiger partial charge in [-0.25, -0.2) is 0 Å². The summed E-state index contributed by atoms with van der Waals surface area (Å²) < 4.78 is 0. The van der Waals surface area contributed by atoms with Crippen LogP contribution in [0.15, 0.2) is 30.3 Å². The maximum Gasteiger partial charge on any atom is 0.241 e. The Morgan fingerprint density at radius 1 is 1.39 bits per heavy atom. The smallest absolute Gasteiger partial charge is 0.241 e. The third-order valence-electron chi connectivity index (χ3n) is 2.91. The summed E-state index contributed by atoms with van der Waals surface area (Å²) in [5.74, 6) is -0.167. The lowest BCUT2D eigenvalue weighted by molar-refractivity contribution is -0.138. The highest BCUT2D eigenvalue weighted by Gasteiger charge is 2.32. The number of hydrogen-bond acceptors (Lipinski definition) is 2. The van der Waals surface area contributed by atoms with Gasteiger partial charge >= 0.3 is 0 Å². The molecule has 0 heterocycles. The lowest BCUT2D eigenvalue weighted by Crippen LogP contribution is -2.51. The maximum absolute atomic E-state index is 12.1. The number of carbonyl (C=O) groups is 1. The first-order valence-corrected chi connectivity index (χ1v) is 6.42. The predicted octanol–water partition coefficient (Wildman–Crippen LogP) is 2.41. The van der Waals surface area contributed by atoms with Gasteiger partial charge in [0.15, 0.2) is 0 Å². The van der Waals surface area contributed by atoms with Crippen molar-refractivity contribution in [2.24, 2.45) is 0 Å². The van der Waals surface area contributed by atoms with Crippen LogP contribution in [0.3, 0.4) is 0 Å². The summed E-state index contributed by atoms with van der Waals surface area (Å²) in [5, 5.41) is 8.84. The molecule has 4 heteroatoms. The predicted molar refractivity (Wildman–Crippen MR) is 73.5 cm³/mol. The van der Waals surface area contributed by atoms with Crippen molar-refractivity contribution in [2.75, 3.05) is 6.61 Å². The van der Waals surface area contributed by atoms with Crippen molar-refractivity contribution in [3.8, 4) is 0 Å². The van der Waals surface area contributed by atoms with Crippen LogP contribution in [-0.4, -0.2) is 33.4 Å². The van der Waals surface area contributed by atoms with Crippen LogP contribution in [0.25, 0.3) is 0 Å². The van der Waals surface area contributed by atoms with Crippen molar-refractivity contribution in [2.45, 2.75) is 38.2 Å². The van der Waals surface area contributed by atoms with Gasteiger partial charge in [0.05, 0.1) is 12.1 Å². The number of hydrogen-bond donors (Lipinski definition) is 1. The van der Waals surface area contributed by atoms with Gasteiger partial charge in [-0.15, -0.1) is 11.6 Å². The van der Waals surface area contributed by atoms with E-state index < -0.39 is 10.9 Å². The fourth-order valence-corrected chi connectivity index (χ4v) is 1.77. The molecule has 0 saturated heterocycles. The second-order valence-electron chi connectivity index (χ2n) is 5.00. The van der Waals surface area contributed by atoms with Crippen LogP contribution in [0.1, 0.15) is 26.3 Å². The van der Waals surface area contributed by atoms with Gasteiger partial charge in [-0.3, -0.25) is 4.79 Å². The lowest BCUT2D eigenvalue weighted by atomic mass is 10.0. The molecule has 18 heavy (non-hydrogen) atoms. The van der Waals surface area contributed by atoms with E-state index in [4.69, 9.17) is 11.6 Å². The number of aliphatic hydroxyl groups is 1. The summed E-state index contributed by atoms with van der Waals surface area (Å²) in [6.45, 7) is 5.65. The van der Waals surface area contributed by atoms with Gasteiger partial charge in [-0.2, -0.15) is 0 Å². The molecule has 1 atom stereocenters. The summed E-state index contributed by atoms with van der Waals surface area (Å²) in [5.41, 5.74) is 0.389. The zero-order chi connectivity index (χ0) is 13.8. The summed E-state index contributed by atoms with van der Waals surface area (Å²) in [6.07, 6.45) is 0. The molecule has 1 rings (SSSR count). The second kappa shape index (κ2) is 6.21. The monoisotopic (exact) mass is 269 g/mol. The van der Waals surface area contributed by atoms with E-state index in [0.29, 0.717) is 6.54 Å². The van der Waals surface area contributed by atoms with Crippen molar-refractivity contribution >= 4 is 17.5 Å². The lowest BCUT2D eigenvalue weighted by Gasteiger charge is -2.38. The molecule has 0 saturated carbocycles. The largest absolute Gasteiger partial charge is 0.394 e. The summed E-state index contributed by atoms with van der Waals surface area (Å²) >= 11 is 5.88. The highest BCUT2D eigenvalue weighted by molar-refractivity contribution is 6.30. The van der Waals surface area contributed by atoms with Gasteiger partial charge in [0.2, 0.25) is 5.91 Å². The quantitative estimate of drug-likeness (QED) is 0.834. The SMILES string of the molecule is CC(Cl)C(=O)N(Cc1ccccc1)C(C)(C)CO. The van der Waals surface area contributed by atoms with Crippen LogP contribution in [0.2, 0.25) is 0 Å². The highest BCUT2D eigenvalue weighted by atomic mass is 35.5. The molecule has 100 valence electrons. The standard InChI is InChI=1S/C14H20ClNO2/c1-11(15)13(18)16(14(2,3)10-17)9-12-7-5-4-6-8-12/h4-8,11,17H,9-10H2,1-3H3. The Labute approximate surface area is 113 Å². The number of alkyl halides is 1. The first-order chi connectivity index (χ1) is 8.38. The molecule has 3 nitrogen and oxygen atoms in total. The number of nitrogens with zero attached hydrogens (tertiary/aromatic N) is 1. The average Bonchev–Trinajstić information content (AvgIpc) is 2.36. The molecule has 0 aliphatic rings. The van der Waals surface area contributed by atoms with E-state index in [2.05, 4.69) is 0 Å². The van der Waals surface area contributed by atoms with E-state index in [-0.39, 0.29) is 12.5 Å². The number of rotatable bonds is 5. The molecular formula is C14H20ClNO2. The average molecular weight is 270 g/mol. The minimum absolute atomic E-state index is 0.102. The van der Waals surface area contributed by atoms with Crippen molar-refractivity contribution in [1.82, 2.24) is 4.90 Å². The number of halogens is 1. The van der Waals surface area contributed by atoms with Gasteiger partial charge in [-0.05, 0) is 26.3 Å². The fraction of sp³-hybridized carbons (Fsp3) is 0.500. The zero-order valence-electron chi connectivity index (χ0n) is 11.1. The molecule has 0 bridgehead atoms. The Bertz CT molecular complexity index is 390. The van der Waals surface area contributed by atoms with Crippen LogP contribution in [0, 0.1) is 0 Å². The Balaban J connectivity index is 2.95. The van der Waals surface area contributed by atoms with E-state index >= 15 is 0 Å². The van der Waals surface area contributed by atoms with Gasteiger partial charge in [0, 0.05) is 6.54 Å². The fourth-order valence-electron chi connectivity index (χ4n) is 1.66. The normalized spacial score (nSPS) is 13.2. The van der Waals surface area contributed by atoms with Crippen molar-refractivity contribution in [3.05, 3.63) is 35.9 Å². The number of benzene rings is 1. The molecule has 0 aliphatic carbocycles. The number of aliphatic hydroxyl groups excluding tert-OH is 1. The number of amides is 1. The van der Waals surface area contributed by atoms with Crippen LogP contribution in [0.5, 0.6) is 0 Å². The Kier molecular flexibility index (Phi) is 5.17. The molecular weight excluding hydrogens is 250 g/mol. The van der Waals surface area contributed by atoms with Gasteiger partial charge in [0.25, 0.3) is 0 Å². The van der Waals surface area contributed by atoms with E-state index in [1.54, 1.807) is 11.8 Å². The van der Waals surface area contributed by atoms with Crippen LogP contribution >= 0.6 is 11.6 Å². The molecule has 0 fully saturated rings. The van der Waals surface area contributed by atoms with Crippen molar-refractivity contribution in [1.29, 1.82) is 0 Å². The molecule has 0 aromatic heterocycles. The molecule has 0 radical (unpaired) electrons. The Hall–Kier alpha value is -1.06. The topological polar surface area (TPSA) is 40.5 Å². The van der Waals surface area contributed by atoms with E-state index in [0.717, 1.165) is 5.56 Å². The Morgan fingerprint density at radius 3 is 2.39 bits per heavy atom. The highest BCUT2D eigenvalue weighted by Crippen LogP contribution is 2.20. The molecule has 1 aromatic rings. The van der Waals surface area contributed by atoms with E-state index in [1.165, 1.54) is 0 Å². The molecule has 1 aromatic carbocycles. The van der Waals surface area contributed by atoms with Crippen LogP contribution in [0.4, 0.5) is 0 Å². The minimum Gasteiger partial charge on any atom is -0.394 e. The molecule has 0 aliphatic heterocycles. The van der Waals surface area contributed by atoms with Gasteiger partial charge < -0.3 is 10.0 Å².